The Morgan fingerprint density at radius 2 is 2.08 bits per heavy atom. The number of quaternary nitrogens is 1. The number of aryl methyl sites for hydroxylation is 1. The first kappa shape index (κ1) is 10.5. The molecule has 0 bridgehead atoms. The molecule has 0 unspecified atom stereocenters. The van der Waals surface area contributed by atoms with Crippen LogP contribution in [-0.4, -0.2) is 23.2 Å². The minimum atomic E-state index is 0. The fourth-order valence-electron chi connectivity index (χ4n) is 1.67. The molecule has 0 spiro atoms. The quantitative estimate of drug-likeness (QED) is 0.524. The van der Waals surface area contributed by atoms with Crippen LogP contribution in [0.5, 0.6) is 0 Å². The van der Waals surface area contributed by atoms with E-state index in [9.17, 15) is 0 Å². The molecule has 0 atom stereocenters. The zero-order valence-electron chi connectivity index (χ0n) is 7.66. The summed E-state index contributed by atoms with van der Waals surface area (Å²) in [6, 6.07) is 0. The van der Waals surface area contributed by atoms with Crippen LogP contribution in [0.2, 0.25) is 0 Å². The van der Waals surface area contributed by atoms with E-state index >= 15 is 0 Å². The van der Waals surface area contributed by atoms with Crippen LogP contribution in [0.3, 0.4) is 0 Å². The molecule has 1 saturated heterocycles. The monoisotopic (exact) mass is 203 g/mol. The van der Waals surface area contributed by atoms with Gasteiger partial charge in [0.15, 0.2) is 5.82 Å². The second-order valence-corrected chi connectivity index (χ2v) is 3.31. The molecule has 0 saturated carbocycles. The van der Waals surface area contributed by atoms with Gasteiger partial charge in [-0.15, -0.1) is 0 Å². The van der Waals surface area contributed by atoms with Crippen molar-refractivity contribution in [1.29, 1.82) is 0 Å². The molecule has 1 fully saturated rings. The van der Waals surface area contributed by atoms with Crippen LogP contribution in [0, 0.1) is 6.92 Å². The predicted octanol–water partition coefficient (Wildman–Crippen LogP) is -3.18. The van der Waals surface area contributed by atoms with Crippen LogP contribution in [0.1, 0.15) is 30.5 Å². The second kappa shape index (κ2) is 4.58. The van der Waals surface area contributed by atoms with Crippen LogP contribution in [-0.2, 0) is 0 Å². The van der Waals surface area contributed by atoms with Gasteiger partial charge in [-0.25, -0.2) is 0 Å². The van der Waals surface area contributed by atoms with Crippen molar-refractivity contribution < 1.29 is 22.2 Å². The SMILES string of the molecule is Cc1nc(C2CC[NH2+]CC2)no1.[Cl-]. The van der Waals surface area contributed by atoms with E-state index in [0.29, 0.717) is 11.8 Å². The first-order valence-electron chi connectivity index (χ1n) is 4.48. The smallest absolute Gasteiger partial charge is 0.223 e. The molecule has 2 N–H and O–H groups in total. The summed E-state index contributed by atoms with van der Waals surface area (Å²) in [7, 11) is 0. The molecule has 1 aromatic rings. The summed E-state index contributed by atoms with van der Waals surface area (Å²) in [6.07, 6.45) is 2.36. The standard InChI is InChI=1S/C8H13N3O.ClH/c1-6-10-8(11-12-6)7-2-4-9-5-3-7;/h7,9H,2-5H2,1H3;1H. The summed E-state index contributed by atoms with van der Waals surface area (Å²) in [4.78, 5) is 4.24. The largest absolute Gasteiger partial charge is 1.00 e. The first-order valence-corrected chi connectivity index (χ1v) is 4.48. The lowest BCUT2D eigenvalue weighted by molar-refractivity contribution is -0.663. The van der Waals surface area contributed by atoms with Gasteiger partial charge in [-0.1, -0.05) is 5.16 Å². The Hall–Kier alpha value is -0.610. The van der Waals surface area contributed by atoms with Gasteiger partial charge < -0.3 is 22.2 Å². The maximum atomic E-state index is 4.95. The first-order chi connectivity index (χ1) is 5.86. The molecule has 4 nitrogen and oxygen atoms in total. The lowest BCUT2D eigenvalue weighted by atomic mass is 9.98. The highest BCUT2D eigenvalue weighted by Gasteiger charge is 2.21. The third kappa shape index (κ3) is 2.42. The molecule has 74 valence electrons. The highest BCUT2D eigenvalue weighted by atomic mass is 35.5. The molecule has 1 aromatic heterocycles. The number of piperidine rings is 1. The fraction of sp³-hybridized carbons (Fsp3) is 0.750. The molecule has 13 heavy (non-hydrogen) atoms. The molecule has 1 aliphatic heterocycles. The maximum Gasteiger partial charge on any atom is 0.223 e. The summed E-state index contributed by atoms with van der Waals surface area (Å²) in [5, 5.41) is 6.28. The van der Waals surface area contributed by atoms with Crippen molar-refractivity contribution in [3.63, 3.8) is 0 Å². The van der Waals surface area contributed by atoms with Crippen molar-refractivity contribution in [2.24, 2.45) is 0 Å². The van der Waals surface area contributed by atoms with E-state index in [1.807, 2.05) is 6.92 Å². The Morgan fingerprint density at radius 1 is 1.38 bits per heavy atom. The zero-order valence-corrected chi connectivity index (χ0v) is 8.42. The number of nitrogens with two attached hydrogens (primary N) is 1. The molecule has 0 aliphatic carbocycles. The van der Waals surface area contributed by atoms with E-state index in [4.69, 9.17) is 4.52 Å². The van der Waals surface area contributed by atoms with Crippen molar-refractivity contribution in [3.05, 3.63) is 11.7 Å². The van der Waals surface area contributed by atoms with E-state index in [2.05, 4.69) is 15.5 Å². The number of halogens is 1. The molecule has 1 aliphatic rings. The Bertz CT molecular complexity index is 258. The lowest BCUT2D eigenvalue weighted by Crippen LogP contribution is -3.00. The van der Waals surface area contributed by atoms with Gasteiger partial charge in [0.2, 0.25) is 5.89 Å². The topological polar surface area (TPSA) is 55.5 Å². The van der Waals surface area contributed by atoms with Crippen LogP contribution in [0.25, 0.3) is 0 Å². The van der Waals surface area contributed by atoms with Gasteiger partial charge in [-0.2, -0.15) is 4.98 Å². The fourth-order valence-corrected chi connectivity index (χ4v) is 1.67. The number of aromatic nitrogens is 2. The van der Waals surface area contributed by atoms with Crippen molar-refractivity contribution >= 4 is 0 Å². The van der Waals surface area contributed by atoms with E-state index in [-0.39, 0.29) is 12.4 Å². The van der Waals surface area contributed by atoms with Crippen LogP contribution >= 0.6 is 0 Å². The Kier molecular flexibility index (Phi) is 3.69. The van der Waals surface area contributed by atoms with E-state index in [0.717, 1.165) is 5.82 Å². The molecule has 0 radical (unpaired) electrons. The molecule has 5 heteroatoms. The number of hydrogen-bond donors (Lipinski definition) is 1. The van der Waals surface area contributed by atoms with Crippen molar-refractivity contribution in [3.8, 4) is 0 Å². The third-order valence-corrected chi connectivity index (χ3v) is 2.35. The summed E-state index contributed by atoms with van der Waals surface area (Å²) >= 11 is 0. The van der Waals surface area contributed by atoms with Gasteiger partial charge in [0.05, 0.1) is 13.1 Å². The van der Waals surface area contributed by atoms with Crippen LogP contribution in [0.4, 0.5) is 0 Å². The number of hydrogen-bond acceptors (Lipinski definition) is 3. The van der Waals surface area contributed by atoms with Gasteiger partial charge >= 0.3 is 0 Å². The molecular weight excluding hydrogens is 190 g/mol. The minimum Gasteiger partial charge on any atom is -1.00 e. The number of nitrogens with zero attached hydrogens (tertiary/aromatic N) is 2. The molecule has 0 aromatic carbocycles. The van der Waals surface area contributed by atoms with Crippen molar-refractivity contribution in [2.75, 3.05) is 13.1 Å². The molecule has 0 amide bonds. The lowest BCUT2D eigenvalue weighted by Gasteiger charge is -2.16. The summed E-state index contributed by atoms with van der Waals surface area (Å²) in [5.41, 5.74) is 0. The zero-order chi connectivity index (χ0) is 8.39. The minimum absolute atomic E-state index is 0. The Balaban J connectivity index is 0.000000845. The highest BCUT2D eigenvalue weighted by molar-refractivity contribution is 4.94. The van der Waals surface area contributed by atoms with Gasteiger partial charge in [-0.3, -0.25) is 0 Å². The predicted molar refractivity (Wildman–Crippen MR) is 42.7 cm³/mol. The number of rotatable bonds is 1. The normalized spacial score (nSPS) is 18.2. The summed E-state index contributed by atoms with van der Waals surface area (Å²) < 4.78 is 4.95. The third-order valence-electron chi connectivity index (χ3n) is 2.35. The summed E-state index contributed by atoms with van der Waals surface area (Å²) in [6.45, 7) is 4.22. The second-order valence-electron chi connectivity index (χ2n) is 3.31. The van der Waals surface area contributed by atoms with Crippen molar-refractivity contribution in [1.82, 2.24) is 10.1 Å². The maximum absolute atomic E-state index is 4.95. The van der Waals surface area contributed by atoms with Crippen LogP contribution in [0.15, 0.2) is 4.52 Å². The van der Waals surface area contributed by atoms with E-state index < -0.39 is 0 Å². The van der Waals surface area contributed by atoms with Gasteiger partial charge in [0.1, 0.15) is 0 Å². The van der Waals surface area contributed by atoms with E-state index in [1.165, 1.54) is 25.9 Å². The average molecular weight is 204 g/mol. The van der Waals surface area contributed by atoms with Gasteiger partial charge in [0.25, 0.3) is 0 Å². The Labute approximate surface area is 83.5 Å². The Morgan fingerprint density at radius 3 is 2.62 bits per heavy atom. The average Bonchev–Trinajstić information content (AvgIpc) is 2.54. The highest BCUT2D eigenvalue weighted by Crippen LogP contribution is 2.20. The van der Waals surface area contributed by atoms with Gasteiger partial charge in [0, 0.05) is 25.7 Å². The van der Waals surface area contributed by atoms with Gasteiger partial charge in [-0.05, 0) is 0 Å². The van der Waals surface area contributed by atoms with Crippen LogP contribution < -0.4 is 17.7 Å². The van der Waals surface area contributed by atoms with Crippen molar-refractivity contribution in [2.45, 2.75) is 25.7 Å². The molecule has 2 heterocycles. The molecule has 2 rings (SSSR count). The van der Waals surface area contributed by atoms with E-state index in [1.54, 1.807) is 0 Å². The summed E-state index contributed by atoms with van der Waals surface area (Å²) in [5.74, 6) is 2.12. The molecular formula is C8H14ClN3O.